The van der Waals surface area contributed by atoms with E-state index in [1.807, 2.05) is 38.1 Å². The third kappa shape index (κ3) is 4.00. The Morgan fingerprint density at radius 3 is 2.22 bits per heavy atom. The van der Waals surface area contributed by atoms with Crippen molar-refractivity contribution in [3.05, 3.63) is 29.8 Å². The molecule has 0 fully saturated rings. The molecular formula is C15H24O3. The third-order valence-electron chi connectivity index (χ3n) is 3.47. The molecule has 102 valence electrons. The number of hydrogen-bond donors (Lipinski definition) is 1. The minimum absolute atomic E-state index is 0.177. The summed E-state index contributed by atoms with van der Waals surface area (Å²) in [6, 6.07) is 7.96. The van der Waals surface area contributed by atoms with Crippen LogP contribution in [0, 0.1) is 5.92 Å². The molecule has 0 saturated heterocycles. The summed E-state index contributed by atoms with van der Waals surface area (Å²) in [7, 11) is 3.28. The lowest BCUT2D eigenvalue weighted by Crippen LogP contribution is -2.40. The summed E-state index contributed by atoms with van der Waals surface area (Å²) >= 11 is 0. The molecule has 0 aliphatic rings. The first-order valence-corrected chi connectivity index (χ1v) is 6.36. The maximum atomic E-state index is 10.5. The Bertz CT molecular complexity index is 345. The Hall–Kier alpha value is -1.06. The second-order valence-corrected chi connectivity index (χ2v) is 5.04. The van der Waals surface area contributed by atoms with Gasteiger partial charge in [0.25, 0.3) is 0 Å². The van der Waals surface area contributed by atoms with Crippen LogP contribution in [0.3, 0.4) is 0 Å². The van der Waals surface area contributed by atoms with Gasteiger partial charge in [-0.25, -0.2) is 0 Å². The topological polar surface area (TPSA) is 38.7 Å². The Labute approximate surface area is 110 Å². The molecule has 1 unspecified atom stereocenters. The van der Waals surface area contributed by atoms with Crippen LogP contribution in [0.4, 0.5) is 0 Å². The van der Waals surface area contributed by atoms with Gasteiger partial charge in [-0.15, -0.1) is 0 Å². The average Bonchev–Trinajstić information content (AvgIpc) is 2.37. The molecule has 0 radical (unpaired) electrons. The number of aryl methyl sites for hydroxylation is 1. The molecule has 1 atom stereocenters. The molecule has 0 heterocycles. The molecule has 0 aliphatic heterocycles. The fourth-order valence-electron chi connectivity index (χ4n) is 1.93. The molecule has 3 nitrogen and oxygen atoms in total. The summed E-state index contributed by atoms with van der Waals surface area (Å²) < 4.78 is 10.2. The van der Waals surface area contributed by atoms with Crippen LogP contribution in [-0.2, 0) is 11.2 Å². The van der Waals surface area contributed by atoms with E-state index in [4.69, 9.17) is 9.47 Å². The molecule has 1 N–H and O–H groups in total. The first-order chi connectivity index (χ1) is 8.51. The van der Waals surface area contributed by atoms with Crippen molar-refractivity contribution >= 4 is 0 Å². The Balaban J connectivity index is 2.61. The number of ether oxygens (including phenoxy) is 2. The monoisotopic (exact) mass is 252 g/mol. The zero-order chi connectivity index (χ0) is 13.6. The summed E-state index contributed by atoms with van der Waals surface area (Å²) in [6.45, 7) is 4.42. The molecule has 0 amide bonds. The van der Waals surface area contributed by atoms with Gasteiger partial charge >= 0.3 is 0 Å². The molecule has 0 spiro atoms. The van der Waals surface area contributed by atoms with E-state index in [0.29, 0.717) is 13.0 Å². The second kappa shape index (κ2) is 6.76. The summed E-state index contributed by atoms with van der Waals surface area (Å²) in [5.74, 6) is 1.03. The number of hydrogen-bond acceptors (Lipinski definition) is 3. The predicted octanol–water partition coefficient (Wildman–Crippen LogP) is 2.66. The largest absolute Gasteiger partial charge is 0.497 e. The zero-order valence-corrected chi connectivity index (χ0v) is 11.8. The van der Waals surface area contributed by atoms with Gasteiger partial charge in [-0.2, -0.15) is 0 Å². The van der Waals surface area contributed by atoms with Gasteiger partial charge in [0, 0.05) is 7.11 Å². The summed E-state index contributed by atoms with van der Waals surface area (Å²) in [4.78, 5) is 0. The predicted molar refractivity (Wildman–Crippen MR) is 73.0 cm³/mol. The summed E-state index contributed by atoms with van der Waals surface area (Å²) in [5.41, 5.74) is 0.445. The van der Waals surface area contributed by atoms with Crippen LogP contribution in [0.2, 0.25) is 0 Å². The van der Waals surface area contributed by atoms with Crippen LogP contribution in [0.25, 0.3) is 0 Å². The quantitative estimate of drug-likeness (QED) is 0.811. The number of methoxy groups -OCH3 is 2. The number of rotatable bonds is 7. The van der Waals surface area contributed by atoms with Crippen LogP contribution < -0.4 is 4.74 Å². The lowest BCUT2D eigenvalue weighted by molar-refractivity contribution is -0.0696. The number of aliphatic hydroxyl groups is 1. The van der Waals surface area contributed by atoms with Gasteiger partial charge in [0.05, 0.1) is 19.3 Å². The minimum Gasteiger partial charge on any atom is -0.497 e. The first-order valence-electron chi connectivity index (χ1n) is 6.36. The van der Waals surface area contributed by atoms with Gasteiger partial charge in [-0.05, 0) is 36.5 Å². The lowest BCUT2D eigenvalue weighted by atomic mass is 9.85. The highest BCUT2D eigenvalue weighted by molar-refractivity contribution is 5.27. The molecule has 18 heavy (non-hydrogen) atoms. The van der Waals surface area contributed by atoms with Crippen LogP contribution in [0.15, 0.2) is 24.3 Å². The Morgan fingerprint density at radius 1 is 1.17 bits per heavy atom. The minimum atomic E-state index is -0.755. The van der Waals surface area contributed by atoms with Crippen molar-refractivity contribution in [2.45, 2.75) is 32.3 Å². The molecule has 1 aromatic carbocycles. The molecule has 0 aliphatic carbocycles. The highest BCUT2D eigenvalue weighted by Crippen LogP contribution is 2.24. The molecule has 0 saturated carbocycles. The van der Waals surface area contributed by atoms with Crippen molar-refractivity contribution in [3.8, 4) is 5.75 Å². The van der Waals surface area contributed by atoms with Crippen LogP contribution in [0.5, 0.6) is 5.75 Å². The Morgan fingerprint density at radius 2 is 1.78 bits per heavy atom. The SMILES string of the molecule is COCC(O)(CCc1ccc(OC)cc1)C(C)C. The van der Waals surface area contributed by atoms with Gasteiger partial charge in [-0.1, -0.05) is 26.0 Å². The van der Waals surface area contributed by atoms with Gasteiger partial charge in [0.15, 0.2) is 0 Å². The molecule has 3 heteroatoms. The maximum Gasteiger partial charge on any atom is 0.118 e. The Kier molecular flexibility index (Phi) is 5.63. The van der Waals surface area contributed by atoms with E-state index in [1.54, 1.807) is 14.2 Å². The normalized spacial score (nSPS) is 14.6. The molecule has 1 rings (SSSR count). The van der Waals surface area contributed by atoms with Gasteiger partial charge in [0.1, 0.15) is 5.75 Å². The van der Waals surface area contributed by atoms with Crippen molar-refractivity contribution in [2.24, 2.45) is 5.92 Å². The second-order valence-electron chi connectivity index (χ2n) is 5.04. The van der Waals surface area contributed by atoms with E-state index in [0.717, 1.165) is 12.2 Å². The molecule has 0 aromatic heterocycles. The lowest BCUT2D eigenvalue weighted by Gasteiger charge is -2.31. The fourth-order valence-corrected chi connectivity index (χ4v) is 1.93. The summed E-state index contributed by atoms with van der Waals surface area (Å²) in [5, 5.41) is 10.5. The third-order valence-corrected chi connectivity index (χ3v) is 3.47. The van der Waals surface area contributed by atoms with E-state index in [2.05, 4.69) is 0 Å². The van der Waals surface area contributed by atoms with Crippen molar-refractivity contribution in [1.29, 1.82) is 0 Å². The van der Waals surface area contributed by atoms with Crippen molar-refractivity contribution in [3.63, 3.8) is 0 Å². The molecule has 0 bridgehead atoms. The van der Waals surface area contributed by atoms with Gasteiger partial charge in [0.2, 0.25) is 0 Å². The van der Waals surface area contributed by atoms with Crippen LogP contribution in [0.1, 0.15) is 25.8 Å². The maximum absolute atomic E-state index is 10.5. The average molecular weight is 252 g/mol. The summed E-state index contributed by atoms with van der Waals surface area (Å²) in [6.07, 6.45) is 1.53. The van der Waals surface area contributed by atoms with Gasteiger partial charge < -0.3 is 14.6 Å². The molecular weight excluding hydrogens is 228 g/mol. The van der Waals surface area contributed by atoms with Crippen LogP contribution in [-0.4, -0.2) is 31.5 Å². The van der Waals surface area contributed by atoms with E-state index < -0.39 is 5.60 Å². The van der Waals surface area contributed by atoms with Crippen molar-refractivity contribution in [2.75, 3.05) is 20.8 Å². The number of benzene rings is 1. The van der Waals surface area contributed by atoms with Crippen molar-refractivity contribution in [1.82, 2.24) is 0 Å². The zero-order valence-electron chi connectivity index (χ0n) is 11.8. The van der Waals surface area contributed by atoms with E-state index in [-0.39, 0.29) is 5.92 Å². The highest BCUT2D eigenvalue weighted by Gasteiger charge is 2.30. The fraction of sp³-hybridized carbons (Fsp3) is 0.600. The van der Waals surface area contributed by atoms with Crippen LogP contribution >= 0.6 is 0 Å². The highest BCUT2D eigenvalue weighted by atomic mass is 16.5. The first kappa shape index (κ1) is 15.0. The van der Waals surface area contributed by atoms with E-state index in [9.17, 15) is 5.11 Å². The standard InChI is InChI=1S/C15H24O3/c1-12(2)15(16,11-17-3)10-9-13-5-7-14(18-4)8-6-13/h5-8,12,16H,9-11H2,1-4H3. The van der Waals surface area contributed by atoms with Crippen molar-refractivity contribution < 1.29 is 14.6 Å². The van der Waals surface area contributed by atoms with E-state index in [1.165, 1.54) is 5.56 Å². The van der Waals surface area contributed by atoms with Gasteiger partial charge in [-0.3, -0.25) is 0 Å². The molecule has 1 aromatic rings. The smallest absolute Gasteiger partial charge is 0.118 e. The van der Waals surface area contributed by atoms with E-state index >= 15 is 0 Å².